The zero-order valence-electron chi connectivity index (χ0n) is 16.3. The standard InChI is InChI=1S/C21H31N3O2/c1-4-9-22-10-12-23(13-11-22)21(26)19(14-16(2)3)24-15-17-7-5-6-8-18(17)20(24)25/h5-8,16,19H,4,9-15H2,1-3H3/t19-/m1/s1. The van der Waals surface area contributed by atoms with Gasteiger partial charge < -0.3 is 9.80 Å². The molecule has 0 bridgehead atoms. The zero-order valence-corrected chi connectivity index (χ0v) is 16.3. The molecule has 3 rings (SSSR count). The van der Waals surface area contributed by atoms with Crippen molar-refractivity contribution in [3.8, 4) is 0 Å². The number of piperazine rings is 1. The molecule has 5 nitrogen and oxygen atoms in total. The van der Waals surface area contributed by atoms with Crippen molar-refractivity contribution in [2.75, 3.05) is 32.7 Å². The van der Waals surface area contributed by atoms with Crippen LogP contribution in [0.4, 0.5) is 0 Å². The normalized spacial score (nSPS) is 19.2. The van der Waals surface area contributed by atoms with Gasteiger partial charge in [-0.25, -0.2) is 0 Å². The van der Waals surface area contributed by atoms with E-state index in [0.717, 1.165) is 50.3 Å². The molecular weight excluding hydrogens is 326 g/mol. The molecule has 0 spiro atoms. The summed E-state index contributed by atoms with van der Waals surface area (Å²) < 4.78 is 0. The highest BCUT2D eigenvalue weighted by Gasteiger charge is 2.38. The number of nitrogens with zero attached hydrogens (tertiary/aromatic N) is 3. The maximum absolute atomic E-state index is 13.3. The fourth-order valence-corrected chi connectivity index (χ4v) is 4.06. The van der Waals surface area contributed by atoms with Crippen molar-refractivity contribution < 1.29 is 9.59 Å². The van der Waals surface area contributed by atoms with Crippen LogP contribution in [0.5, 0.6) is 0 Å². The number of amides is 2. The van der Waals surface area contributed by atoms with Gasteiger partial charge in [0.15, 0.2) is 0 Å². The summed E-state index contributed by atoms with van der Waals surface area (Å²) in [6.07, 6.45) is 1.86. The van der Waals surface area contributed by atoms with Crippen LogP contribution in [-0.2, 0) is 11.3 Å². The van der Waals surface area contributed by atoms with E-state index >= 15 is 0 Å². The van der Waals surface area contributed by atoms with E-state index in [0.29, 0.717) is 18.9 Å². The summed E-state index contributed by atoms with van der Waals surface area (Å²) >= 11 is 0. The number of carbonyl (C=O) groups is 2. The lowest BCUT2D eigenvalue weighted by atomic mass is 10.0. The van der Waals surface area contributed by atoms with Crippen LogP contribution in [0, 0.1) is 5.92 Å². The first kappa shape index (κ1) is 18.9. The van der Waals surface area contributed by atoms with Crippen LogP contribution in [0.2, 0.25) is 0 Å². The highest BCUT2D eigenvalue weighted by molar-refractivity contribution is 6.01. The molecule has 0 unspecified atom stereocenters. The van der Waals surface area contributed by atoms with Gasteiger partial charge in [0.2, 0.25) is 5.91 Å². The van der Waals surface area contributed by atoms with Gasteiger partial charge in [-0.3, -0.25) is 14.5 Å². The van der Waals surface area contributed by atoms with E-state index in [9.17, 15) is 9.59 Å². The average molecular weight is 357 g/mol. The maximum atomic E-state index is 13.3. The van der Waals surface area contributed by atoms with E-state index in [-0.39, 0.29) is 17.9 Å². The van der Waals surface area contributed by atoms with Crippen molar-refractivity contribution in [1.29, 1.82) is 0 Å². The summed E-state index contributed by atoms with van der Waals surface area (Å²) in [5.41, 5.74) is 1.79. The fraction of sp³-hybridized carbons (Fsp3) is 0.619. The molecule has 0 aliphatic carbocycles. The fourth-order valence-electron chi connectivity index (χ4n) is 4.06. The smallest absolute Gasteiger partial charge is 0.255 e. The van der Waals surface area contributed by atoms with Crippen LogP contribution in [-0.4, -0.2) is 65.3 Å². The lowest BCUT2D eigenvalue weighted by Crippen LogP contribution is -2.55. The molecule has 142 valence electrons. The number of rotatable bonds is 6. The van der Waals surface area contributed by atoms with Crippen LogP contribution in [0.3, 0.4) is 0 Å². The summed E-state index contributed by atoms with van der Waals surface area (Å²) in [7, 11) is 0. The van der Waals surface area contributed by atoms with Crippen molar-refractivity contribution in [1.82, 2.24) is 14.7 Å². The predicted octanol–water partition coefficient (Wildman–Crippen LogP) is 2.61. The molecule has 1 aromatic carbocycles. The van der Waals surface area contributed by atoms with Crippen LogP contribution in [0.15, 0.2) is 24.3 Å². The van der Waals surface area contributed by atoms with Gasteiger partial charge in [0.25, 0.3) is 5.91 Å². The largest absolute Gasteiger partial charge is 0.338 e. The van der Waals surface area contributed by atoms with Crippen molar-refractivity contribution in [2.45, 2.75) is 46.2 Å². The number of carbonyl (C=O) groups excluding carboxylic acids is 2. The SMILES string of the molecule is CCCN1CCN(C(=O)[C@@H](CC(C)C)N2Cc3ccccc3C2=O)CC1. The first-order chi connectivity index (χ1) is 12.5. The van der Waals surface area contributed by atoms with Crippen molar-refractivity contribution >= 4 is 11.8 Å². The first-order valence-corrected chi connectivity index (χ1v) is 9.91. The third kappa shape index (κ3) is 3.93. The van der Waals surface area contributed by atoms with Crippen LogP contribution in [0.25, 0.3) is 0 Å². The molecule has 26 heavy (non-hydrogen) atoms. The quantitative estimate of drug-likeness (QED) is 0.786. The minimum atomic E-state index is -0.354. The second-order valence-electron chi connectivity index (χ2n) is 7.90. The summed E-state index contributed by atoms with van der Waals surface area (Å²) in [5, 5.41) is 0. The van der Waals surface area contributed by atoms with Gasteiger partial charge in [-0.05, 0) is 36.9 Å². The molecule has 0 radical (unpaired) electrons. The first-order valence-electron chi connectivity index (χ1n) is 9.91. The molecule has 1 aromatic rings. The second kappa shape index (κ2) is 8.21. The molecule has 1 fully saturated rings. The van der Waals surface area contributed by atoms with E-state index in [4.69, 9.17) is 0 Å². The Morgan fingerprint density at radius 2 is 1.81 bits per heavy atom. The highest BCUT2D eigenvalue weighted by atomic mass is 16.2. The van der Waals surface area contributed by atoms with Gasteiger partial charge in [0.05, 0.1) is 0 Å². The van der Waals surface area contributed by atoms with Gasteiger partial charge in [-0.15, -0.1) is 0 Å². The Morgan fingerprint density at radius 3 is 2.42 bits per heavy atom. The third-order valence-electron chi connectivity index (χ3n) is 5.43. The van der Waals surface area contributed by atoms with Crippen molar-refractivity contribution in [3.63, 3.8) is 0 Å². The molecule has 0 N–H and O–H groups in total. The Bertz CT molecular complexity index is 650. The van der Waals surface area contributed by atoms with E-state index in [1.807, 2.05) is 29.2 Å². The average Bonchev–Trinajstić information content (AvgIpc) is 2.97. The van der Waals surface area contributed by atoms with Gasteiger partial charge in [-0.1, -0.05) is 39.0 Å². The molecule has 2 aliphatic heterocycles. The summed E-state index contributed by atoms with van der Waals surface area (Å²) in [5.74, 6) is 0.488. The van der Waals surface area contributed by atoms with Crippen LogP contribution in [0.1, 0.15) is 49.5 Å². The molecule has 2 heterocycles. The topological polar surface area (TPSA) is 43.9 Å². The summed E-state index contributed by atoms with van der Waals surface area (Å²) in [6, 6.07) is 7.37. The molecular formula is C21H31N3O2. The Kier molecular flexibility index (Phi) is 5.97. The Morgan fingerprint density at radius 1 is 1.12 bits per heavy atom. The van der Waals surface area contributed by atoms with E-state index in [1.54, 1.807) is 4.90 Å². The minimum Gasteiger partial charge on any atom is -0.338 e. The monoisotopic (exact) mass is 357 g/mol. The molecule has 2 amide bonds. The molecule has 1 atom stereocenters. The Labute approximate surface area is 156 Å². The lowest BCUT2D eigenvalue weighted by molar-refractivity contribution is -0.138. The minimum absolute atomic E-state index is 0.00391. The summed E-state index contributed by atoms with van der Waals surface area (Å²) in [4.78, 5) is 32.4. The zero-order chi connectivity index (χ0) is 18.7. The predicted molar refractivity (Wildman–Crippen MR) is 103 cm³/mol. The summed E-state index contributed by atoms with van der Waals surface area (Å²) in [6.45, 7) is 11.5. The molecule has 0 aromatic heterocycles. The highest BCUT2D eigenvalue weighted by Crippen LogP contribution is 2.28. The molecule has 2 aliphatic rings. The third-order valence-corrected chi connectivity index (χ3v) is 5.43. The van der Waals surface area contributed by atoms with Crippen molar-refractivity contribution in [2.24, 2.45) is 5.92 Å². The van der Waals surface area contributed by atoms with Crippen molar-refractivity contribution in [3.05, 3.63) is 35.4 Å². The van der Waals surface area contributed by atoms with Gasteiger partial charge in [0, 0.05) is 38.3 Å². The second-order valence-corrected chi connectivity index (χ2v) is 7.90. The molecule has 0 saturated carbocycles. The number of fused-ring (bicyclic) bond motifs is 1. The number of hydrogen-bond donors (Lipinski definition) is 0. The van der Waals surface area contributed by atoms with Gasteiger partial charge >= 0.3 is 0 Å². The van der Waals surface area contributed by atoms with E-state index in [2.05, 4.69) is 25.7 Å². The molecule has 5 heteroatoms. The van der Waals surface area contributed by atoms with Gasteiger partial charge in [-0.2, -0.15) is 0 Å². The number of benzene rings is 1. The Balaban J connectivity index is 1.73. The molecule has 1 saturated heterocycles. The van der Waals surface area contributed by atoms with Gasteiger partial charge in [0.1, 0.15) is 6.04 Å². The number of hydrogen-bond acceptors (Lipinski definition) is 3. The van der Waals surface area contributed by atoms with Crippen LogP contribution >= 0.6 is 0 Å². The van der Waals surface area contributed by atoms with Crippen LogP contribution < -0.4 is 0 Å². The Hall–Kier alpha value is -1.88. The lowest BCUT2D eigenvalue weighted by Gasteiger charge is -2.38. The maximum Gasteiger partial charge on any atom is 0.255 e. The van der Waals surface area contributed by atoms with E-state index in [1.165, 1.54) is 0 Å². The van der Waals surface area contributed by atoms with E-state index < -0.39 is 0 Å².